The Balaban J connectivity index is 1.36. The van der Waals surface area contributed by atoms with E-state index in [0.29, 0.717) is 0 Å². The lowest BCUT2D eigenvalue weighted by Crippen LogP contribution is -2.23. The summed E-state index contributed by atoms with van der Waals surface area (Å²) in [7, 11) is 0. The lowest BCUT2D eigenvalue weighted by molar-refractivity contribution is 0.626. The first kappa shape index (κ1) is 21.7. The molecule has 41 heavy (non-hydrogen) atoms. The van der Waals surface area contributed by atoms with Crippen LogP contribution in [0.3, 0.4) is 0 Å². The average Bonchev–Trinajstić information content (AvgIpc) is 3.76. The first-order valence-corrected chi connectivity index (χ1v) is 14.5. The molecule has 0 saturated carbocycles. The van der Waals surface area contributed by atoms with Gasteiger partial charge in [0.2, 0.25) is 0 Å². The monoisotopic (exact) mass is 523 g/mol. The topological polar surface area (TPSA) is 18.1 Å². The molecule has 2 aliphatic rings. The van der Waals surface area contributed by atoms with E-state index in [1.165, 1.54) is 55.2 Å². The second-order valence-electron chi connectivity index (χ2n) is 11.6. The molecule has 10 rings (SSSR count). The van der Waals surface area contributed by atoms with Gasteiger partial charge in [0.05, 0.1) is 16.7 Å². The van der Waals surface area contributed by atoms with Crippen LogP contribution in [0.1, 0.15) is 28.7 Å². The minimum atomic E-state index is -0.122. The van der Waals surface area contributed by atoms with Gasteiger partial charge < -0.3 is 8.98 Å². The number of aryl methyl sites for hydroxylation is 1. The van der Waals surface area contributed by atoms with Crippen LogP contribution < -0.4 is 0 Å². The summed E-state index contributed by atoms with van der Waals surface area (Å²) in [6.07, 6.45) is 2.20. The zero-order valence-corrected chi connectivity index (χ0v) is 22.4. The standard InChI is InChI=1S/C39H25NO/c1-5-15-31-24(10-1)20-21-39(31)32-16-6-2-11-25(32)29-22-30-26-12-3-7-17-34(26)40(36(30)23-33(29)39)35-18-9-14-28-27-13-4-8-19-37(27)41-38(28)35/h1-19,22-23H,20-21H2. The predicted octanol–water partition coefficient (Wildman–Crippen LogP) is 9.94. The molecule has 0 N–H and O–H groups in total. The Hall–Kier alpha value is -5.08. The molecule has 2 heterocycles. The molecule has 2 aliphatic carbocycles. The second kappa shape index (κ2) is 7.56. The van der Waals surface area contributed by atoms with Crippen LogP contribution in [-0.4, -0.2) is 4.57 Å². The molecule has 0 saturated heterocycles. The maximum Gasteiger partial charge on any atom is 0.159 e. The summed E-state index contributed by atoms with van der Waals surface area (Å²) in [6.45, 7) is 0. The highest BCUT2D eigenvalue weighted by molar-refractivity contribution is 6.14. The molecule has 2 aromatic heterocycles. The largest absolute Gasteiger partial charge is 0.454 e. The van der Waals surface area contributed by atoms with Gasteiger partial charge in [-0.3, -0.25) is 0 Å². The van der Waals surface area contributed by atoms with Gasteiger partial charge in [0.25, 0.3) is 0 Å². The van der Waals surface area contributed by atoms with Gasteiger partial charge >= 0.3 is 0 Å². The Morgan fingerprint density at radius 3 is 2.24 bits per heavy atom. The summed E-state index contributed by atoms with van der Waals surface area (Å²) >= 11 is 0. The maximum absolute atomic E-state index is 6.57. The van der Waals surface area contributed by atoms with E-state index in [0.717, 1.165) is 40.5 Å². The lowest BCUT2D eigenvalue weighted by Gasteiger charge is -2.28. The number of rotatable bonds is 1. The highest BCUT2D eigenvalue weighted by Crippen LogP contribution is 2.59. The molecule has 0 radical (unpaired) electrons. The first-order chi connectivity index (χ1) is 20.3. The van der Waals surface area contributed by atoms with Gasteiger partial charge in [-0.25, -0.2) is 0 Å². The van der Waals surface area contributed by atoms with Gasteiger partial charge in [0.1, 0.15) is 5.58 Å². The van der Waals surface area contributed by atoms with Gasteiger partial charge in [0.15, 0.2) is 5.58 Å². The molecule has 192 valence electrons. The zero-order valence-electron chi connectivity index (χ0n) is 22.4. The van der Waals surface area contributed by atoms with E-state index in [4.69, 9.17) is 4.42 Å². The molecule has 0 fully saturated rings. The van der Waals surface area contributed by atoms with Gasteiger partial charge in [0, 0.05) is 27.0 Å². The predicted molar refractivity (Wildman–Crippen MR) is 168 cm³/mol. The smallest absolute Gasteiger partial charge is 0.159 e. The Labute approximate surface area is 237 Å². The molecule has 2 heteroatoms. The Bertz CT molecular complexity index is 2390. The van der Waals surface area contributed by atoms with E-state index < -0.39 is 0 Å². The molecular formula is C39H25NO. The van der Waals surface area contributed by atoms with Crippen molar-refractivity contribution in [1.29, 1.82) is 0 Å². The van der Waals surface area contributed by atoms with Crippen LogP contribution in [0.5, 0.6) is 0 Å². The third kappa shape index (κ3) is 2.59. The molecule has 1 spiro atoms. The van der Waals surface area contributed by atoms with E-state index in [1.54, 1.807) is 0 Å². The minimum Gasteiger partial charge on any atom is -0.454 e. The summed E-state index contributed by atoms with van der Waals surface area (Å²) in [5.41, 5.74) is 13.8. The van der Waals surface area contributed by atoms with Crippen LogP contribution >= 0.6 is 0 Å². The highest BCUT2D eigenvalue weighted by Gasteiger charge is 2.48. The van der Waals surface area contributed by atoms with Crippen molar-refractivity contribution in [2.45, 2.75) is 18.3 Å². The number of hydrogen-bond acceptors (Lipinski definition) is 1. The van der Waals surface area contributed by atoms with Crippen LogP contribution in [0.15, 0.2) is 132 Å². The summed E-state index contributed by atoms with van der Waals surface area (Å²) in [6, 6.07) is 46.9. The Morgan fingerprint density at radius 2 is 1.29 bits per heavy atom. The van der Waals surface area contributed by atoms with Gasteiger partial charge in [-0.2, -0.15) is 0 Å². The number of fused-ring (bicyclic) bond motifs is 13. The SMILES string of the molecule is c1ccc2c(c1)CCC21c2ccccc2-c2cc3c4ccccc4n(-c4cccc5c4oc4ccccc45)c3cc21. The average molecular weight is 524 g/mol. The summed E-state index contributed by atoms with van der Waals surface area (Å²) in [4.78, 5) is 0. The lowest BCUT2D eigenvalue weighted by atomic mass is 9.73. The van der Waals surface area contributed by atoms with Crippen molar-refractivity contribution >= 4 is 43.7 Å². The second-order valence-corrected chi connectivity index (χ2v) is 11.6. The fourth-order valence-electron chi connectivity index (χ4n) is 8.17. The molecule has 0 bridgehead atoms. The van der Waals surface area contributed by atoms with E-state index in [1.807, 2.05) is 6.07 Å². The van der Waals surface area contributed by atoms with Crippen molar-refractivity contribution in [3.8, 4) is 16.8 Å². The van der Waals surface area contributed by atoms with Crippen molar-refractivity contribution in [3.63, 3.8) is 0 Å². The maximum atomic E-state index is 6.57. The zero-order chi connectivity index (χ0) is 26.7. The van der Waals surface area contributed by atoms with E-state index in [-0.39, 0.29) is 5.41 Å². The van der Waals surface area contributed by atoms with Gasteiger partial charge in [-0.15, -0.1) is 0 Å². The van der Waals surface area contributed by atoms with Crippen LogP contribution in [0.2, 0.25) is 0 Å². The minimum absolute atomic E-state index is 0.122. The van der Waals surface area contributed by atoms with Crippen LogP contribution in [0.4, 0.5) is 0 Å². The Morgan fingerprint density at radius 1 is 0.537 bits per heavy atom. The summed E-state index contributed by atoms with van der Waals surface area (Å²) in [5.74, 6) is 0. The van der Waals surface area contributed by atoms with Gasteiger partial charge in [-0.05, 0) is 76.6 Å². The molecule has 8 aromatic rings. The quantitative estimate of drug-likeness (QED) is 0.209. The van der Waals surface area contributed by atoms with E-state index in [9.17, 15) is 0 Å². The van der Waals surface area contributed by atoms with Crippen LogP contribution in [0.25, 0.3) is 60.6 Å². The number of nitrogens with zero attached hydrogens (tertiary/aromatic N) is 1. The molecule has 6 aromatic carbocycles. The molecule has 1 unspecified atom stereocenters. The summed E-state index contributed by atoms with van der Waals surface area (Å²) < 4.78 is 9.01. The molecule has 1 atom stereocenters. The van der Waals surface area contributed by atoms with E-state index >= 15 is 0 Å². The molecule has 0 aliphatic heterocycles. The molecular weight excluding hydrogens is 498 g/mol. The van der Waals surface area contributed by atoms with Crippen LogP contribution in [0, 0.1) is 0 Å². The highest BCUT2D eigenvalue weighted by atomic mass is 16.3. The van der Waals surface area contributed by atoms with Crippen molar-refractivity contribution in [3.05, 3.63) is 150 Å². The normalized spacial score (nSPS) is 17.2. The van der Waals surface area contributed by atoms with Crippen molar-refractivity contribution in [2.75, 3.05) is 0 Å². The van der Waals surface area contributed by atoms with Crippen molar-refractivity contribution in [2.24, 2.45) is 0 Å². The van der Waals surface area contributed by atoms with Crippen molar-refractivity contribution < 1.29 is 4.42 Å². The number of benzene rings is 6. The first-order valence-electron chi connectivity index (χ1n) is 14.5. The molecule has 2 nitrogen and oxygen atoms in total. The third-order valence-electron chi connectivity index (χ3n) is 9.82. The number of aromatic nitrogens is 1. The number of hydrogen-bond donors (Lipinski definition) is 0. The Kier molecular flexibility index (Phi) is 4.00. The number of furan rings is 1. The van der Waals surface area contributed by atoms with Crippen molar-refractivity contribution in [1.82, 2.24) is 4.57 Å². The van der Waals surface area contributed by atoms with Crippen LogP contribution in [-0.2, 0) is 11.8 Å². The van der Waals surface area contributed by atoms with E-state index in [2.05, 4.69) is 126 Å². The van der Waals surface area contributed by atoms with Gasteiger partial charge in [-0.1, -0.05) is 97.1 Å². The molecule has 0 amide bonds. The third-order valence-corrected chi connectivity index (χ3v) is 9.82. The fraction of sp³-hybridized carbons (Fsp3) is 0.0769. The number of para-hydroxylation sites is 3. The summed E-state index contributed by atoms with van der Waals surface area (Å²) in [5, 5.41) is 4.86. The fourth-order valence-corrected chi connectivity index (χ4v) is 8.17.